The van der Waals surface area contributed by atoms with Gasteiger partial charge in [-0.15, -0.1) is 0 Å². The molecule has 9 heteroatoms. The molecule has 1 aromatic heterocycles. The third-order valence-electron chi connectivity index (χ3n) is 6.93. The summed E-state index contributed by atoms with van der Waals surface area (Å²) in [5, 5.41) is 9.94. The van der Waals surface area contributed by atoms with Crippen LogP contribution in [0.25, 0.3) is 0 Å². The number of amides is 2. The first-order chi connectivity index (χ1) is 13.8. The van der Waals surface area contributed by atoms with Gasteiger partial charge in [0.15, 0.2) is 5.69 Å². The summed E-state index contributed by atoms with van der Waals surface area (Å²) in [6.07, 6.45) is 0.702. The van der Waals surface area contributed by atoms with Crippen LogP contribution in [-0.2, 0) is 16.5 Å². The van der Waals surface area contributed by atoms with Gasteiger partial charge in [0.05, 0.1) is 17.3 Å². The molecule has 30 heavy (non-hydrogen) atoms. The van der Waals surface area contributed by atoms with E-state index in [9.17, 15) is 22.8 Å². The van der Waals surface area contributed by atoms with E-state index in [1.807, 2.05) is 0 Å². The van der Waals surface area contributed by atoms with Gasteiger partial charge in [-0.05, 0) is 70.6 Å². The molecule has 4 bridgehead atoms. The standard InChI is InChI=1S/C21H29F3N4O2/c1-11(29)27-20-7-12-5-13(8-20)16(14(6-12)9-20)26-18(30)15-10-25-28(19(2,3)4)17(15)21(22,23)24/h10,12-14,16H,5-9H2,1-4H3,(H,26,30)(H,27,29)/t12?,13-,14-,16?,20?/m0/s1. The number of alkyl halides is 3. The highest BCUT2D eigenvalue weighted by Gasteiger charge is 2.56. The summed E-state index contributed by atoms with van der Waals surface area (Å²) >= 11 is 0. The minimum atomic E-state index is -4.68. The Hall–Kier alpha value is -2.06. The zero-order chi connectivity index (χ0) is 22.1. The second kappa shape index (κ2) is 6.72. The average Bonchev–Trinajstić information content (AvgIpc) is 3.02. The van der Waals surface area contributed by atoms with E-state index in [1.54, 1.807) is 20.8 Å². The maximum atomic E-state index is 13.8. The maximum Gasteiger partial charge on any atom is 0.433 e. The van der Waals surface area contributed by atoms with Crippen LogP contribution >= 0.6 is 0 Å². The van der Waals surface area contributed by atoms with Gasteiger partial charge in [0.25, 0.3) is 5.91 Å². The third-order valence-corrected chi connectivity index (χ3v) is 6.93. The van der Waals surface area contributed by atoms with E-state index in [-0.39, 0.29) is 29.3 Å². The first-order valence-corrected chi connectivity index (χ1v) is 10.5. The molecule has 4 aliphatic carbocycles. The minimum Gasteiger partial charge on any atom is -0.351 e. The molecule has 2 N–H and O–H groups in total. The van der Waals surface area contributed by atoms with Crippen LogP contribution in [0.1, 0.15) is 75.9 Å². The predicted octanol–water partition coefficient (Wildman–Crippen LogP) is 3.47. The maximum absolute atomic E-state index is 13.8. The Morgan fingerprint density at radius 1 is 1.13 bits per heavy atom. The van der Waals surface area contributed by atoms with Gasteiger partial charge in [-0.2, -0.15) is 18.3 Å². The normalized spacial score (nSPS) is 32.9. The van der Waals surface area contributed by atoms with E-state index in [4.69, 9.17) is 0 Å². The van der Waals surface area contributed by atoms with Crippen molar-refractivity contribution in [3.05, 3.63) is 17.5 Å². The van der Waals surface area contributed by atoms with E-state index >= 15 is 0 Å². The molecular weight excluding hydrogens is 397 g/mol. The Labute approximate surface area is 174 Å². The Bertz CT molecular complexity index is 855. The van der Waals surface area contributed by atoms with Crippen molar-refractivity contribution in [1.29, 1.82) is 0 Å². The van der Waals surface area contributed by atoms with E-state index < -0.39 is 28.9 Å². The molecule has 0 aromatic carbocycles. The number of carbonyl (C=O) groups excluding carboxylic acids is 2. The quantitative estimate of drug-likeness (QED) is 0.777. The number of carbonyl (C=O) groups is 2. The van der Waals surface area contributed by atoms with Gasteiger partial charge < -0.3 is 10.6 Å². The highest BCUT2D eigenvalue weighted by Crippen LogP contribution is 2.55. The second-order valence-corrected chi connectivity index (χ2v) is 10.4. The Morgan fingerprint density at radius 3 is 2.23 bits per heavy atom. The lowest BCUT2D eigenvalue weighted by molar-refractivity contribution is -0.146. The summed E-state index contributed by atoms with van der Waals surface area (Å²) in [6.45, 7) is 6.38. The van der Waals surface area contributed by atoms with Crippen LogP contribution in [0, 0.1) is 17.8 Å². The van der Waals surface area contributed by atoms with Crippen molar-refractivity contribution in [3.63, 3.8) is 0 Å². The molecule has 0 unspecified atom stereocenters. The molecule has 0 spiro atoms. The van der Waals surface area contributed by atoms with E-state index in [2.05, 4.69) is 15.7 Å². The number of hydrogen-bond donors (Lipinski definition) is 2. The molecule has 4 saturated carbocycles. The van der Waals surface area contributed by atoms with Gasteiger partial charge in [-0.1, -0.05) is 0 Å². The fourth-order valence-corrected chi connectivity index (χ4v) is 6.31. The largest absolute Gasteiger partial charge is 0.433 e. The van der Waals surface area contributed by atoms with Gasteiger partial charge in [0, 0.05) is 18.5 Å². The fourth-order valence-electron chi connectivity index (χ4n) is 6.31. The minimum absolute atomic E-state index is 0.0538. The van der Waals surface area contributed by atoms with E-state index in [0.29, 0.717) is 5.92 Å². The SMILES string of the molecule is CC(=O)NC12CC3C[C@@H](C1)C(NC(=O)c1cnn(C(C)(C)C)c1C(F)(F)F)[C@@H](C3)C2. The fraction of sp³-hybridized carbons (Fsp3) is 0.762. The molecule has 166 valence electrons. The molecule has 1 aromatic rings. The van der Waals surface area contributed by atoms with Crippen molar-refractivity contribution >= 4 is 11.8 Å². The van der Waals surface area contributed by atoms with Gasteiger partial charge >= 0.3 is 6.18 Å². The van der Waals surface area contributed by atoms with Crippen molar-refractivity contribution in [3.8, 4) is 0 Å². The van der Waals surface area contributed by atoms with Crippen molar-refractivity contribution in [1.82, 2.24) is 20.4 Å². The first kappa shape index (κ1) is 21.2. The van der Waals surface area contributed by atoms with Gasteiger partial charge in [-0.3, -0.25) is 14.3 Å². The lowest BCUT2D eigenvalue weighted by atomic mass is 9.51. The number of nitrogens with zero attached hydrogens (tertiary/aromatic N) is 2. The van der Waals surface area contributed by atoms with Crippen molar-refractivity contribution in [2.45, 2.75) is 83.1 Å². The molecule has 6 nitrogen and oxygen atoms in total. The van der Waals surface area contributed by atoms with Crippen molar-refractivity contribution in [2.75, 3.05) is 0 Å². The van der Waals surface area contributed by atoms with Gasteiger partial charge in [-0.25, -0.2) is 0 Å². The highest BCUT2D eigenvalue weighted by molar-refractivity contribution is 5.95. The summed E-state index contributed by atoms with van der Waals surface area (Å²) in [6, 6.07) is -0.171. The van der Waals surface area contributed by atoms with Crippen LogP contribution in [-0.4, -0.2) is 33.2 Å². The third kappa shape index (κ3) is 3.60. The monoisotopic (exact) mass is 426 g/mol. The van der Waals surface area contributed by atoms with Crippen LogP contribution < -0.4 is 10.6 Å². The number of halogens is 3. The molecule has 2 atom stereocenters. The molecule has 4 aliphatic rings. The molecule has 0 saturated heterocycles. The average molecular weight is 426 g/mol. The topological polar surface area (TPSA) is 76.0 Å². The van der Waals surface area contributed by atoms with Crippen molar-refractivity contribution < 1.29 is 22.8 Å². The summed E-state index contributed by atoms with van der Waals surface area (Å²) in [5.74, 6) is 0.0563. The zero-order valence-corrected chi connectivity index (χ0v) is 17.8. The first-order valence-electron chi connectivity index (χ1n) is 10.5. The summed E-state index contributed by atoms with van der Waals surface area (Å²) in [7, 11) is 0. The molecule has 2 amide bonds. The Morgan fingerprint density at radius 2 is 1.73 bits per heavy atom. The van der Waals surface area contributed by atoms with Crippen LogP contribution in [0.3, 0.4) is 0 Å². The van der Waals surface area contributed by atoms with Gasteiger partial charge in [0.2, 0.25) is 5.91 Å². The van der Waals surface area contributed by atoms with Crippen LogP contribution in [0.15, 0.2) is 6.20 Å². The van der Waals surface area contributed by atoms with Crippen LogP contribution in [0.5, 0.6) is 0 Å². The zero-order valence-electron chi connectivity index (χ0n) is 17.8. The van der Waals surface area contributed by atoms with E-state index in [0.717, 1.165) is 43.0 Å². The molecule has 4 fully saturated rings. The molecular formula is C21H29F3N4O2. The number of nitrogens with one attached hydrogen (secondary N) is 2. The Balaban J connectivity index is 1.58. The molecule has 5 rings (SSSR count). The molecule has 1 heterocycles. The Kier molecular flexibility index (Phi) is 4.74. The summed E-state index contributed by atoms with van der Waals surface area (Å²) in [5.41, 5.74) is -2.57. The van der Waals surface area contributed by atoms with Crippen LogP contribution in [0.2, 0.25) is 0 Å². The predicted molar refractivity (Wildman–Crippen MR) is 104 cm³/mol. The summed E-state index contributed by atoms with van der Waals surface area (Å²) < 4.78 is 42.2. The second-order valence-electron chi connectivity index (χ2n) is 10.4. The lowest BCUT2D eigenvalue weighted by Crippen LogP contribution is -2.66. The lowest BCUT2D eigenvalue weighted by Gasteiger charge is -2.60. The smallest absolute Gasteiger partial charge is 0.351 e. The molecule has 0 aliphatic heterocycles. The molecule has 0 radical (unpaired) electrons. The van der Waals surface area contributed by atoms with Crippen LogP contribution in [0.4, 0.5) is 13.2 Å². The van der Waals surface area contributed by atoms with Gasteiger partial charge in [0.1, 0.15) is 0 Å². The summed E-state index contributed by atoms with van der Waals surface area (Å²) in [4.78, 5) is 24.7. The number of hydrogen-bond acceptors (Lipinski definition) is 3. The van der Waals surface area contributed by atoms with Crippen molar-refractivity contribution in [2.24, 2.45) is 17.8 Å². The number of aromatic nitrogens is 2. The highest BCUT2D eigenvalue weighted by atomic mass is 19.4. The number of rotatable bonds is 3. The van der Waals surface area contributed by atoms with E-state index in [1.165, 1.54) is 6.92 Å².